The van der Waals surface area contributed by atoms with E-state index in [0.717, 1.165) is 23.4 Å². The number of benzene rings is 1. The van der Waals surface area contributed by atoms with Crippen molar-refractivity contribution in [2.24, 2.45) is 0 Å². The fraction of sp³-hybridized carbons (Fsp3) is 0.357. The topological polar surface area (TPSA) is 29.9 Å². The molecule has 1 N–H and O–H groups in total. The molecule has 0 amide bonds. The zero-order chi connectivity index (χ0) is 15.0. The number of ether oxygens (including phenoxy) is 1. The first-order valence-electron chi connectivity index (χ1n) is 6.69. The molecule has 7 heteroatoms. The van der Waals surface area contributed by atoms with E-state index in [0.29, 0.717) is 23.4 Å². The minimum atomic E-state index is -0.641. The number of nitrogens with zero attached hydrogens (tertiary/aromatic N) is 1. The molecule has 1 aromatic carbocycles. The second-order valence-electron chi connectivity index (χ2n) is 5.04. The van der Waals surface area contributed by atoms with E-state index in [1.807, 2.05) is 10.8 Å². The molecule has 0 fully saturated rings. The van der Waals surface area contributed by atoms with Gasteiger partial charge in [-0.1, -0.05) is 0 Å². The first-order chi connectivity index (χ1) is 10.1. The third-order valence-electron chi connectivity index (χ3n) is 3.62. The molecule has 2 unspecified atom stereocenters. The number of halogens is 2. The Labute approximate surface area is 134 Å². The Morgan fingerprint density at radius 3 is 3.00 bits per heavy atom. The predicted molar refractivity (Wildman–Crippen MR) is 81.3 cm³/mol. The van der Waals surface area contributed by atoms with Gasteiger partial charge in [0, 0.05) is 0 Å². The normalized spacial score (nSPS) is 17.4. The molecule has 0 aliphatic carbocycles. The third kappa shape index (κ3) is 2.79. The summed E-state index contributed by atoms with van der Waals surface area (Å²) in [6.07, 6.45) is 3.34. The number of nitrogens with one attached hydrogen (secondary N) is 1. The standard InChI is InChI=1S/C14H15AsF2N2OS/c15-2-1-10-6-18-14(21)19(10)11-4-8-3-9(16)5-12(17)13(8)20-7-11/h3,5-6,11H,1-2,4,7,15H2,(H,18,21). The van der Waals surface area contributed by atoms with Crippen LogP contribution in [0.2, 0.25) is 5.21 Å². The van der Waals surface area contributed by atoms with Crippen LogP contribution >= 0.6 is 12.2 Å². The van der Waals surface area contributed by atoms with Crippen LogP contribution in [0.5, 0.6) is 5.75 Å². The zero-order valence-electron chi connectivity index (χ0n) is 11.2. The van der Waals surface area contributed by atoms with Crippen LogP contribution < -0.4 is 4.74 Å². The van der Waals surface area contributed by atoms with E-state index in [1.165, 1.54) is 6.07 Å². The van der Waals surface area contributed by atoms with Crippen LogP contribution in [0, 0.1) is 16.4 Å². The van der Waals surface area contributed by atoms with Crippen molar-refractivity contribution in [1.29, 1.82) is 0 Å². The van der Waals surface area contributed by atoms with Crippen molar-refractivity contribution >= 4 is 29.1 Å². The Hall–Kier alpha value is -1.13. The van der Waals surface area contributed by atoms with E-state index < -0.39 is 11.6 Å². The summed E-state index contributed by atoms with van der Waals surface area (Å²) in [4.78, 5) is 3.05. The van der Waals surface area contributed by atoms with Gasteiger partial charge in [-0.3, -0.25) is 0 Å². The number of fused-ring (bicyclic) bond motifs is 1. The molecule has 0 bridgehead atoms. The average Bonchev–Trinajstić information content (AvgIpc) is 2.79. The Morgan fingerprint density at radius 1 is 1.43 bits per heavy atom. The van der Waals surface area contributed by atoms with Crippen molar-refractivity contribution < 1.29 is 13.5 Å². The summed E-state index contributed by atoms with van der Waals surface area (Å²) in [5, 5.41) is 1.06. The first-order valence-corrected chi connectivity index (χ1v) is 8.82. The number of aromatic amines is 1. The van der Waals surface area contributed by atoms with Crippen LogP contribution in [0.3, 0.4) is 0 Å². The Morgan fingerprint density at radius 2 is 2.24 bits per heavy atom. The third-order valence-corrected chi connectivity index (χ3v) is 4.54. The predicted octanol–water partition coefficient (Wildman–Crippen LogP) is 2.59. The maximum atomic E-state index is 13.7. The Bertz CT molecular complexity index is 728. The maximum absolute atomic E-state index is 13.7. The van der Waals surface area contributed by atoms with Crippen molar-refractivity contribution in [1.82, 2.24) is 9.55 Å². The molecule has 1 aliphatic heterocycles. The van der Waals surface area contributed by atoms with E-state index >= 15 is 0 Å². The Kier molecular flexibility index (Phi) is 4.18. The van der Waals surface area contributed by atoms with Gasteiger partial charge in [-0.05, 0) is 0 Å². The van der Waals surface area contributed by atoms with Gasteiger partial charge in [0.25, 0.3) is 0 Å². The SMILES string of the molecule is Fc1cc(F)c2c(c1)CC(n1c(CC[AsH2])c[nH]c1=S)CO2. The van der Waals surface area contributed by atoms with Crippen molar-refractivity contribution in [2.45, 2.75) is 24.1 Å². The van der Waals surface area contributed by atoms with Crippen molar-refractivity contribution in [3.8, 4) is 5.75 Å². The van der Waals surface area contributed by atoms with Crippen LogP contribution in [-0.4, -0.2) is 33.0 Å². The summed E-state index contributed by atoms with van der Waals surface area (Å²) in [6, 6.07) is 2.15. The molecule has 3 nitrogen and oxygen atoms in total. The van der Waals surface area contributed by atoms with Gasteiger partial charge in [0.2, 0.25) is 0 Å². The molecule has 3 rings (SSSR count). The fourth-order valence-corrected chi connectivity index (χ4v) is 3.69. The van der Waals surface area contributed by atoms with Gasteiger partial charge in [0.15, 0.2) is 0 Å². The van der Waals surface area contributed by atoms with Gasteiger partial charge < -0.3 is 0 Å². The van der Waals surface area contributed by atoms with E-state index in [2.05, 4.69) is 4.98 Å². The number of imidazole rings is 1. The quantitative estimate of drug-likeness (QED) is 0.663. The molecule has 1 aromatic heterocycles. The Balaban J connectivity index is 1.97. The fourth-order valence-electron chi connectivity index (χ4n) is 2.74. The monoisotopic (exact) mass is 372 g/mol. The van der Waals surface area contributed by atoms with E-state index in [9.17, 15) is 8.78 Å². The number of rotatable bonds is 3. The molecule has 2 aromatic rings. The van der Waals surface area contributed by atoms with Crippen molar-refractivity contribution in [3.05, 3.63) is 46.0 Å². The molecule has 0 saturated carbocycles. The van der Waals surface area contributed by atoms with E-state index in [1.54, 1.807) is 16.9 Å². The number of H-pyrrole nitrogens is 1. The van der Waals surface area contributed by atoms with Gasteiger partial charge in [-0.2, -0.15) is 0 Å². The molecular formula is C14H15AsF2N2OS. The molecule has 1 aliphatic rings. The summed E-state index contributed by atoms with van der Waals surface area (Å²) in [5.74, 6) is -1.06. The van der Waals surface area contributed by atoms with Crippen molar-refractivity contribution in [2.75, 3.05) is 6.61 Å². The van der Waals surface area contributed by atoms with Gasteiger partial charge in [-0.25, -0.2) is 0 Å². The zero-order valence-corrected chi connectivity index (χ0v) is 14.5. The first kappa shape index (κ1) is 14.8. The van der Waals surface area contributed by atoms with Crippen LogP contribution in [0.1, 0.15) is 17.3 Å². The number of hydrogen-bond acceptors (Lipinski definition) is 2. The van der Waals surface area contributed by atoms with E-state index in [4.69, 9.17) is 17.0 Å². The number of aryl methyl sites for hydroxylation is 1. The van der Waals surface area contributed by atoms with Crippen LogP contribution in [-0.2, 0) is 12.8 Å². The molecule has 21 heavy (non-hydrogen) atoms. The average molecular weight is 372 g/mol. The minimum absolute atomic E-state index is 0.0356. The van der Waals surface area contributed by atoms with Crippen LogP contribution in [0.25, 0.3) is 0 Å². The molecule has 0 radical (unpaired) electrons. The van der Waals surface area contributed by atoms with E-state index in [-0.39, 0.29) is 11.8 Å². The molecule has 112 valence electrons. The molecular weight excluding hydrogens is 357 g/mol. The summed E-state index contributed by atoms with van der Waals surface area (Å²) in [7, 11) is 0. The number of hydrogen-bond donors (Lipinski definition) is 1. The second-order valence-corrected chi connectivity index (χ2v) is 6.64. The second kappa shape index (κ2) is 5.93. The van der Waals surface area contributed by atoms with Gasteiger partial charge >= 0.3 is 135 Å². The molecule has 2 atom stereocenters. The summed E-state index contributed by atoms with van der Waals surface area (Å²) in [6.45, 7) is 0.337. The summed E-state index contributed by atoms with van der Waals surface area (Å²) in [5.41, 5.74) is 1.66. The van der Waals surface area contributed by atoms with Gasteiger partial charge in [-0.15, -0.1) is 0 Å². The van der Waals surface area contributed by atoms with Crippen molar-refractivity contribution in [3.63, 3.8) is 0 Å². The summed E-state index contributed by atoms with van der Waals surface area (Å²) >= 11 is 6.98. The van der Waals surface area contributed by atoms with Crippen LogP contribution in [0.4, 0.5) is 8.78 Å². The van der Waals surface area contributed by atoms with Gasteiger partial charge in [0.1, 0.15) is 0 Å². The molecule has 0 saturated heterocycles. The molecule has 2 heterocycles. The molecule has 0 spiro atoms. The summed E-state index contributed by atoms with van der Waals surface area (Å²) < 4.78 is 35.2. The van der Waals surface area contributed by atoms with Crippen LogP contribution in [0.15, 0.2) is 18.3 Å². The number of aromatic nitrogens is 2. The van der Waals surface area contributed by atoms with Gasteiger partial charge in [0.05, 0.1) is 0 Å².